The molecule has 2 aromatic rings. The molecule has 0 fully saturated rings. The monoisotopic (exact) mass is 419 g/mol. The van der Waals surface area contributed by atoms with E-state index in [-0.39, 0.29) is 33.0 Å². The van der Waals surface area contributed by atoms with Crippen LogP contribution in [0, 0.1) is 11.7 Å². The molecule has 0 aliphatic heterocycles. The third-order valence-electron chi connectivity index (χ3n) is 2.98. The molecule has 6 nitrogen and oxygen atoms in total. The number of rotatable bonds is 7. The minimum atomic E-state index is -0.813. The van der Waals surface area contributed by atoms with Crippen molar-refractivity contribution < 1.29 is 18.7 Å². The second kappa shape index (κ2) is 9.27. The van der Waals surface area contributed by atoms with Crippen LogP contribution >= 0.6 is 35.3 Å². The topological polar surface area (TPSA) is 86.5 Å². The number of carbonyl (C=O) groups excluding carboxylic acids is 1. The maximum Gasteiger partial charge on any atom is 0.265 e. The Balaban J connectivity index is 2.19. The minimum Gasteiger partial charge on any atom is -0.476 e. The summed E-state index contributed by atoms with van der Waals surface area (Å²) in [5.41, 5.74) is -0.256. The predicted octanol–water partition coefficient (Wildman–Crippen LogP) is 4.61. The van der Waals surface area contributed by atoms with E-state index in [0.717, 1.165) is 12.1 Å². The molecule has 1 heterocycles. The third-order valence-corrected chi connectivity index (χ3v) is 3.85. The second-order valence-corrected chi connectivity index (χ2v) is 6.83. The molecule has 0 radical (unpaired) electrons. The van der Waals surface area contributed by atoms with Crippen molar-refractivity contribution in [1.82, 2.24) is 9.71 Å². The highest BCUT2D eigenvalue weighted by molar-refractivity contribution is 7.95. The van der Waals surface area contributed by atoms with Crippen molar-refractivity contribution in [2.45, 2.75) is 13.8 Å². The van der Waals surface area contributed by atoms with Crippen LogP contribution in [0.2, 0.25) is 10.0 Å². The molecule has 0 saturated heterocycles. The normalized spacial score (nSPS) is 10.7. The summed E-state index contributed by atoms with van der Waals surface area (Å²) in [5, 5.41) is 5.41. The molecule has 0 aliphatic rings. The molecule has 0 aliphatic carbocycles. The Labute approximate surface area is 164 Å². The first-order valence-corrected chi connectivity index (χ1v) is 9.06. The number of benzene rings is 1. The highest BCUT2D eigenvalue weighted by Gasteiger charge is 2.17. The van der Waals surface area contributed by atoms with Gasteiger partial charge in [0, 0.05) is 24.3 Å². The van der Waals surface area contributed by atoms with E-state index >= 15 is 0 Å². The molecule has 0 saturated carbocycles. The van der Waals surface area contributed by atoms with E-state index in [1.165, 1.54) is 12.3 Å². The van der Waals surface area contributed by atoms with Crippen molar-refractivity contribution in [3.63, 3.8) is 0 Å². The number of hydrogen-bond acceptors (Lipinski definition) is 6. The largest absolute Gasteiger partial charge is 0.476 e. The summed E-state index contributed by atoms with van der Waals surface area (Å²) in [5.74, 6) is -0.681. The van der Waals surface area contributed by atoms with Crippen LogP contribution in [-0.4, -0.2) is 17.5 Å². The molecule has 0 unspecified atom stereocenters. The second-order valence-electron chi connectivity index (χ2n) is 5.58. The van der Waals surface area contributed by atoms with Crippen LogP contribution in [0.15, 0.2) is 24.4 Å². The molecule has 0 atom stereocenters. The summed E-state index contributed by atoms with van der Waals surface area (Å²) in [6.45, 7) is 4.46. The van der Waals surface area contributed by atoms with Gasteiger partial charge in [0.2, 0.25) is 5.88 Å². The molecule has 26 heavy (non-hydrogen) atoms. The van der Waals surface area contributed by atoms with Gasteiger partial charge in [-0.15, -0.1) is 0 Å². The zero-order valence-electron chi connectivity index (χ0n) is 13.9. The minimum absolute atomic E-state index is 0.00911. The van der Waals surface area contributed by atoms with Crippen LogP contribution in [0.1, 0.15) is 24.2 Å². The van der Waals surface area contributed by atoms with Gasteiger partial charge in [-0.1, -0.05) is 37.0 Å². The molecular weight excluding hydrogens is 404 g/mol. The quantitative estimate of drug-likeness (QED) is 0.637. The number of carbonyl (C=O) groups is 1. The lowest BCUT2D eigenvalue weighted by Gasteiger charge is -2.12. The third kappa shape index (κ3) is 5.38. The van der Waals surface area contributed by atoms with Crippen molar-refractivity contribution in [1.29, 1.82) is 0 Å². The van der Waals surface area contributed by atoms with Crippen LogP contribution in [0.3, 0.4) is 0 Å². The maximum atomic E-state index is 14.1. The molecule has 1 aromatic carbocycles. The number of aromatic nitrogens is 1. The van der Waals surface area contributed by atoms with Gasteiger partial charge in [-0.05, 0) is 12.0 Å². The number of hydrogen-bond donors (Lipinski definition) is 2. The number of nitrogens with zero attached hydrogens (tertiary/aromatic N) is 1. The number of ether oxygens (including phenoxy) is 2. The predicted molar refractivity (Wildman–Crippen MR) is 100 cm³/mol. The van der Waals surface area contributed by atoms with Crippen LogP contribution in [0.5, 0.6) is 17.4 Å². The number of pyridine rings is 1. The summed E-state index contributed by atoms with van der Waals surface area (Å²) in [4.78, 5) is 15.8. The standard InChI is InChI=1S/C16H16Cl2FN3O3S/c1-8(2)7-24-16-12(18)3-9(6-21-16)25-14-5-13(19)10(4-11(14)17)15(23)22-26-20/h3-6,8H,7,20H2,1-2H3,(H,22,23). The Morgan fingerprint density at radius 3 is 2.69 bits per heavy atom. The lowest BCUT2D eigenvalue weighted by atomic mass is 10.2. The Hall–Kier alpha value is -1.74. The lowest BCUT2D eigenvalue weighted by Crippen LogP contribution is -2.19. The van der Waals surface area contributed by atoms with Gasteiger partial charge in [0.15, 0.2) is 0 Å². The molecule has 10 heteroatoms. The highest BCUT2D eigenvalue weighted by atomic mass is 35.5. The first kappa shape index (κ1) is 20.6. The van der Waals surface area contributed by atoms with Crippen molar-refractivity contribution in [3.8, 4) is 17.4 Å². The van der Waals surface area contributed by atoms with Crippen molar-refractivity contribution >= 4 is 41.2 Å². The fourth-order valence-corrected chi connectivity index (χ4v) is 2.46. The molecule has 2 rings (SSSR count). The van der Waals surface area contributed by atoms with Crippen LogP contribution < -0.4 is 19.3 Å². The zero-order valence-corrected chi connectivity index (χ0v) is 16.2. The van der Waals surface area contributed by atoms with E-state index in [1.54, 1.807) is 0 Å². The van der Waals surface area contributed by atoms with Gasteiger partial charge in [-0.2, -0.15) is 0 Å². The average molecular weight is 420 g/mol. The molecular formula is C16H16Cl2FN3O3S. The summed E-state index contributed by atoms with van der Waals surface area (Å²) < 4.78 is 27.3. The molecule has 0 spiro atoms. The molecule has 0 bridgehead atoms. The van der Waals surface area contributed by atoms with E-state index in [0.29, 0.717) is 24.7 Å². The first-order valence-electron chi connectivity index (χ1n) is 7.43. The Morgan fingerprint density at radius 1 is 1.35 bits per heavy atom. The fraction of sp³-hybridized carbons (Fsp3) is 0.250. The van der Waals surface area contributed by atoms with Crippen molar-refractivity contribution in [2.24, 2.45) is 11.1 Å². The van der Waals surface area contributed by atoms with Gasteiger partial charge in [0.05, 0.1) is 23.4 Å². The molecule has 3 N–H and O–H groups in total. The van der Waals surface area contributed by atoms with Gasteiger partial charge in [-0.3, -0.25) is 14.7 Å². The first-order chi connectivity index (χ1) is 12.3. The summed E-state index contributed by atoms with van der Waals surface area (Å²) >= 11 is 12.7. The molecule has 140 valence electrons. The Bertz CT molecular complexity index is 809. The Kier molecular flexibility index (Phi) is 7.33. The van der Waals surface area contributed by atoms with Crippen molar-refractivity contribution in [3.05, 3.63) is 45.8 Å². The van der Waals surface area contributed by atoms with Gasteiger partial charge >= 0.3 is 0 Å². The van der Waals surface area contributed by atoms with E-state index < -0.39 is 11.7 Å². The van der Waals surface area contributed by atoms with Crippen molar-refractivity contribution in [2.75, 3.05) is 6.61 Å². The molecule has 1 amide bonds. The van der Waals surface area contributed by atoms with E-state index in [4.69, 9.17) is 37.8 Å². The van der Waals surface area contributed by atoms with Gasteiger partial charge in [0.1, 0.15) is 22.3 Å². The van der Waals surface area contributed by atoms with E-state index in [9.17, 15) is 9.18 Å². The van der Waals surface area contributed by atoms with E-state index in [1.807, 2.05) is 13.8 Å². The summed E-state index contributed by atoms with van der Waals surface area (Å²) in [6, 6.07) is 3.62. The van der Waals surface area contributed by atoms with Gasteiger partial charge in [0.25, 0.3) is 5.91 Å². The number of nitrogens with one attached hydrogen (secondary N) is 1. The number of amides is 1. The van der Waals surface area contributed by atoms with Crippen LogP contribution in [-0.2, 0) is 0 Å². The van der Waals surface area contributed by atoms with Crippen LogP contribution in [0.25, 0.3) is 0 Å². The summed E-state index contributed by atoms with van der Waals surface area (Å²) in [6.07, 6.45) is 1.38. The molecule has 1 aromatic heterocycles. The van der Waals surface area contributed by atoms with Gasteiger partial charge in [-0.25, -0.2) is 9.37 Å². The zero-order chi connectivity index (χ0) is 19.3. The number of halogens is 3. The van der Waals surface area contributed by atoms with Crippen LogP contribution in [0.4, 0.5) is 4.39 Å². The Morgan fingerprint density at radius 2 is 2.08 bits per heavy atom. The lowest BCUT2D eigenvalue weighted by molar-refractivity contribution is 0.0980. The maximum absolute atomic E-state index is 14.1. The average Bonchev–Trinajstić information content (AvgIpc) is 2.57. The van der Waals surface area contributed by atoms with E-state index in [2.05, 4.69) is 9.71 Å². The smallest absolute Gasteiger partial charge is 0.265 e. The fourth-order valence-electron chi connectivity index (χ4n) is 1.83. The number of nitrogens with two attached hydrogens (primary N) is 1. The summed E-state index contributed by atoms with van der Waals surface area (Å²) in [7, 11) is 0. The SMILES string of the molecule is CC(C)COc1ncc(Oc2cc(F)c(C(=O)NSN)cc2Cl)cc1Cl. The van der Waals surface area contributed by atoms with Gasteiger partial charge < -0.3 is 9.47 Å². The highest BCUT2D eigenvalue weighted by Crippen LogP contribution is 2.34.